The molecule has 1 aliphatic heterocycles. The normalized spacial score (nSPS) is 16.6. The number of carbonyl (C=O) groups excluding carboxylic acids is 2. The molecule has 0 unspecified atom stereocenters. The van der Waals surface area contributed by atoms with Gasteiger partial charge in [-0.25, -0.2) is 0 Å². The van der Waals surface area contributed by atoms with E-state index in [1.165, 1.54) is 0 Å². The molecule has 25 heavy (non-hydrogen) atoms. The zero-order chi connectivity index (χ0) is 17.5. The maximum absolute atomic E-state index is 12.8. The molecule has 1 heterocycles. The van der Waals surface area contributed by atoms with E-state index >= 15 is 0 Å². The van der Waals surface area contributed by atoms with E-state index in [2.05, 4.69) is 5.32 Å². The third-order valence-corrected chi connectivity index (χ3v) is 5.23. The fourth-order valence-corrected chi connectivity index (χ4v) is 3.72. The van der Waals surface area contributed by atoms with Crippen molar-refractivity contribution in [2.45, 2.75) is 19.4 Å². The number of benzene rings is 2. The van der Waals surface area contributed by atoms with Crippen LogP contribution in [0.5, 0.6) is 0 Å². The average molecular weight is 354 g/mol. The topological polar surface area (TPSA) is 49.4 Å². The molecule has 1 aliphatic rings. The summed E-state index contributed by atoms with van der Waals surface area (Å²) in [5.41, 5.74) is 1.63. The molecule has 0 saturated carbocycles. The Morgan fingerprint density at radius 2 is 1.72 bits per heavy atom. The van der Waals surface area contributed by atoms with Crippen molar-refractivity contribution >= 4 is 23.0 Å². The minimum absolute atomic E-state index is 0.0202. The first-order valence-corrected chi connectivity index (χ1v) is 9.32. The first-order chi connectivity index (χ1) is 12.2. The van der Waals surface area contributed by atoms with Crippen LogP contribution in [0.25, 0.3) is 0 Å². The largest absolute Gasteiger partial charge is 0.316 e. The van der Waals surface area contributed by atoms with Crippen LogP contribution in [-0.2, 0) is 11.3 Å². The molecule has 0 spiro atoms. The minimum atomic E-state index is -0.102. The lowest BCUT2D eigenvalue weighted by molar-refractivity contribution is -0.127. The van der Waals surface area contributed by atoms with Crippen LogP contribution >= 0.6 is 11.9 Å². The van der Waals surface area contributed by atoms with Crippen molar-refractivity contribution in [3.05, 3.63) is 71.8 Å². The monoisotopic (exact) mass is 354 g/mol. The number of amides is 1. The zero-order valence-corrected chi connectivity index (χ0v) is 14.9. The van der Waals surface area contributed by atoms with Gasteiger partial charge in [0.2, 0.25) is 11.0 Å². The highest BCUT2D eigenvalue weighted by Gasteiger charge is 2.24. The van der Waals surface area contributed by atoms with E-state index < -0.39 is 0 Å². The number of nitrogens with zero attached hydrogens (tertiary/aromatic N) is 1. The molecule has 2 aromatic rings. The van der Waals surface area contributed by atoms with E-state index in [9.17, 15) is 9.59 Å². The van der Waals surface area contributed by atoms with Crippen molar-refractivity contribution < 1.29 is 9.59 Å². The van der Waals surface area contributed by atoms with E-state index in [0.717, 1.165) is 37.0 Å². The molecule has 1 fully saturated rings. The standard InChI is InChI=1S/C20H22N2O2S/c23-19(13-17-11-12-21-14-17)22(15-16-7-3-1-4-8-16)25-20(24)18-9-5-2-6-10-18/h1-10,17,21H,11-15H2/t17-/m0/s1. The van der Waals surface area contributed by atoms with Crippen LogP contribution in [0.4, 0.5) is 0 Å². The van der Waals surface area contributed by atoms with Crippen molar-refractivity contribution in [2.24, 2.45) is 5.92 Å². The number of nitrogens with one attached hydrogen (secondary N) is 1. The molecule has 1 amide bonds. The molecule has 130 valence electrons. The van der Waals surface area contributed by atoms with Gasteiger partial charge in [-0.15, -0.1) is 0 Å². The molecule has 0 aliphatic carbocycles. The zero-order valence-electron chi connectivity index (χ0n) is 14.1. The van der Waals surface area contributed by atoms with E-state index in [1.54, 1.807) is 16.4 Å². The number of carbonyl (C=O) groups is 2. The molecule has 5 heteroatoms. The Balaban J connectivity index is 1.71. The summed E-state index contributed by atoms with van der Waals surface area (Å²) < 4.78 is 1.61. The van der Waals surface area contributed by atoms with Crippen molar-refractivity contribution in [3.8, 4) is 0 Å². The summed E-state index contributed by atoms with van der Waals surface area (Å²) in [5, 5.41) is 3.19. The third-order valence-electron chi connectivity index (χ3n) is 4.28. The fraction of sp³-hybridized carbons (Fsp3) is 0.300. The lowest BCUT2D eigenvalue weighted by Crippen LogP contribution is -2.28. The quantitative estimate of drug-likeness (QED) is 0.835. The summed E-state index contributed by atoms with van der Waals surface area (Å²) in [6.07, 6.45) is 1.50. The molecular weight excluding hydrogens is 332 g/mol. The maximum Gasteiger partial charge on any atom is 0.239 e. The van der Waals surface area contributed by atoms with Gasteiger partial charge in [0.25, 0.3) is 0 Å². The molecule has 4 nitrogen and oxygen atoms in total. The predicted octanol–water partition coefficient (Wildman–Crippen LogP) is 3.50. The highest BCUT2D eigenvalue weighted by atomic mass is 32.2. The fourth-order valence-electron chi connectivity index (χ4n) is 2.89. The van der Waals surface area contributed by atoms with Gasteiger partial charge < -0.3 is 5.32 Å². The van der Waals surface area contributed by atoms with Gasteiger partial charge in [0.1, 0.15) is 0 Å². The summed E-state index contributed by atoms with van der Waals surface area (Å²) in [7, 11) is 0. The highest BCUT2D eigenvalue weighted by Crippen LogP contribution is 2.24. The Kier molecular flexibility index (Phi) is 6.25. The van der Waals surface area contributed by atoms with E-state index in [-0.39, 0.29) is 11.0 Å². The molecule has 3 rings (SSSR count). The van der Waals surface area contributed by atoms with Gasteiger partial charge in [-0.05, 0) is 31.0 Å². The summed E-state index contributed by atoms with van der Waals surface area (Å²) in [5.74, 6) is 0.380. The summed E-state index contributed by atoms with van der Waals surface area (Å²) in [6, 6.07) is 18.9. The molecular formula is C20H22N2O2S. The van der Waals surface area contributed by atoms with Gasteiger partial charge in [-0.2, -0.15) is 0 Å². The van der Waals surface area contributed by atoms with Crippen LogP contribution < -0.4 is 5.32 Å². The average Bonchev–Trinajstić information content (AvgIpc) is 3.15. The van der Waals surface area contributed by atoms with E-state index in [0.29, 0.717) is 24.4 Å². The molecule has 0 radical (unpaired) electrons. The smallest absolute Gasteiger partial charge is 0.239 e. The first-order valence-electron chi connectivity index (χ1n) is 8.55. The summed E-state index contributed by atoms with van der Waals surface area (Å²) in [4.78, 5) is 25.3. The van der Waals surface area contributed by atoms with Crippen LogP contribution in [-0.4, -0.2) is 28.4 Å². The van der Waals surface area contributed by atoms with Crippen LogP contribution in [0.15, 0.2) is 60.7 Å². The number of hydrogen-bond acceptors (Lipinski definition) is 4. The van der Waals surface area contributed by atoms with Gasteiger partial charge in [0.15, 0.2) is 0 Å². The predicted molar refractivity (Wildman–Crippen MR) is 101 cm³/mol. The Labute approximate surface area is 152 Å². The lowest BCUT2D eigenvalue weighted by Gasteiger charge is -2.22. The first kappa shape index (κ1) is 17.7. The summed E-state index contributed by atoms with van der Waals surface area (Å²) >= 11 is 1.01. The van der Waals surface area contributed by atoms with Crippen LogP contribution in [0.3, 0.4) is 0 Å². The summed E-state index contributed by atoms with van der Waals surface area (Å²) in [6.45, 7) is 2.28. The van der Waals surface area contributed by atoms with Crippen LogP contribution in [0.2, 0.25) is 0 Å². The molecule has 1 saturated heterocycles. The SMILES string of the molecule is O=C(SN(Cc1ccccc1)C(=O)C[C@@H]1CCNC1)c1ccccc1. The highest BCUT2D eigenvalue weighted by molar-refractivity contribution is 8.12. The van der Waals surface area contributed by atoms with Gasteiger partial charge >= 0.3 is 0 Å². The maximum atomic E-state index is 12.8. The van der Waals surface area contributed by atoms with Gasteiger partial charge in [0, 0.05) is 23.9 Å². The second kappa shape index (κ2) is 8.83. The van der Waals surface area contributed by atoms with Crippen molar-refractivity contribution in [3.63, 3.8) is 0 Å². The third kappa shape index (κ3) is 5.18. The van der Waals surface area contributed by atoms with Crippen molar-refractivity contribution in [1.82, 2.24) is 9.62 Å². The Hall–Kier alpha value is -2.11. The molecule has 2 aromatic carbocycles. The van der Waals surface area contributed by atoms with Crippen molar-refractivity contribution in [1.29, 1.82) is 0 Å². The second-order valence-corrected chi connectivity index (χ2v) is 7.22. The van der Waals surface area contributed by atoms with E-state index in [1.807, 2.05) is 48.5 Å². The Morgan fingerprint density at radius 3 is 2.36 bits per heavy atom. The Morgan fingerprint density at radius 1 is 1.04 bits per heavy atom. The second-order valence-electron chi connectivity index (χ2n) is 6.22. The molecule has 1 N–H and O–H groups in total. The molecule has 0 aromatic heterocycles. The number of rotatable bonds is 5. The molecule has 0 bridgehead atoms. The molecule has 1 atom stereocenters. The lowest BCUT2D eigenvalue weighted by atomic mass is 10.0. The Bertz CT molecular complexity index is 700. The van der Waals surface area contributed by atoms with Crippen LogP contribution in [0.1, 0.15) is 28.8 Å². The van der Waals surface area contributed by atoms with Crippen LogP contribution in [0, 0.1) is 5.92 Å². The van der Waals surface area contributed by atoms with E-state index in [4.69, 9.17) is 0 Å². The van der Waals surface area contributed by atoms with Gasteiger partial charge in [-0.3, -0.25) is 13.9 Å². The van der Waals surface area contributed by atoms with Gasteiger partial charge in [-0.1, -0.05) is 60.7 Å². The van der Waals surface area contributed by atoms with Gasteiger partial charge in [0.05, 0.1) is 6.54 Å². The van der Waals surface area contributed by atoms with Crippen molar-refractivity contribution in [2.75, 3.05) is 13.1 Å². The number of hydrogen-bond donors (Lipinski definition) is 1. The minimum Gasteiger partial charge on any atom is -0.316 e.